The maximum atomic E-state index is 13.1. The van der Waals surface area contributed by atoms with Gasteiger partial charge in [-0.1, -0.05) is 39.8 Å². The van der Waals surface area contributed by atoms with Crippen LogP contribution in [0, 0.1) is 29.1 Å². The summed E-state index contributed by atoms with van der Waals surface area (Å²) in [4.78, 5) is 0. The smallest absolute Gasteiger partial charge is 0.200 e. The average molecular weight is 373 g/mol. The summed E-state index contributed by atoms with van der Waals surface area (Å²) < 4.78 is 64.4. The van der Waals surface area contributed by atoms with E-state index in [4.69, 9.17) is 5.73 Å². The molecule has 0 aliphatic carbocycles. The minimum Gasteiger partial charge on any atom is -0.399 e. The third kappa shape index (κ3) is 4.96. The van der Waals surface area contributed by atoms with E-state index in [2.05, 4.69) is 26.0 Å². The largest absolute Gasteiger partial charge is 0.399 e. The minimum atomic E-state index is -2.11. The predicted octanol–water partition coefficient (Wildman–Crippen LogP) is 6.68. The molecule has 2 aromatic carbocycles. The second-order valence-electron chi connectivity index (χ2n) is 6.27. The van der Waals surface area contributed by atoms with Gasteiger partial charge in [-0.2, -0.15) is 0 Å². The number of nitrogens with two attached hydrogens (primary N) is 1. The van der Waals surface area contributed by atoms with Crippen molar-refractivity contribution >= 4 is 5.69 Å². The maximum absolute atomic E-state index is 13.1. The van der Waals surface area contributed by atoms with Crippen LogP contribution in [0.1, 0.15) is 63.5 Å². The van der Waals surface area contributed by atoms with Gasteiger partial charge in [0.25, 0.3) is 0 Å². The molecular weight excluding hydrogens is 349 g/mol. The quantitative estimate of drug-likeness (QED) is 0.275. The van der Waals surface area contributed by atoms with E-state index in [1.165, 1.54) is 18.9 Å². The van der Waals surface area contributed by atoms with Crippen molar-refractivity contribution in [3.8, 4) is 0 Å². The van der Waals surface area contributed by atoms with Crippen molar-refractivity contribution in [2.45, 2.75) is 52.4 Å². The summed E-state index contributed by atoms with van der Waals surface area (Å²) in [5.41, 5.74) is 7.05. The van der Waals surface area contributed by atoms with Crippen LogP contribution in [0.4, 0.5) is 27.6 Å². The van der Waals surface area contributed by atoms with Crippen LogP contribution in [0.3, 0.4) is 0 Å². The Kier molecular flexibility index (Phi) is 8.06. The zero-order valence-corrected chi connectivity index (χ0v) is 15.3. The van der Waals surface area contributed by atoms with Crippen LogP contribution < -0.4 is 5.73 Å². The van der Waals surface area contributed by atoms with Gasteiger partial charge in [-0.05, 0) is 42.4 Å². The van der Waals surface area contributed by atoms with Crippen molar-refractivity contribution in [2.24, 2.45) is 0 Å². The number of rotatable bonds is 4. The highest BCUT2D eigenvalue weighted by Crippen LogP contribution is 2.30. The Balaban J connectivity index is 0.000000273. The van der Waals surface area contributed by atoms with Gasteiger partial charge in [0.2, 0.25) is 5.82 Å². The van der Waals surface area contributed by atoms with Crippen LogP contribution in [0.2, 0.25) is 0 Å². The third-order valence-corrected chi connectivity index (χ3v) is 4.47. The summed E-state index contributed by atoms with van der Waals surface area (Å²) >= 11 is 0. The lowest BCUT2D eigenvalue weighted by atomic mass is 9.97. The van der Waals surface area contributed by atoms with Gasteiger partial charge in [0, 0.05) is 11.3 Å². The van der Waals surface area contributed by atoms with E-state index in [0.717, 1.165) is 5.69 Å². The summed E-state index contributed by atoms with van der Waals surface area (Å²) in [6.07, 6.45) is 1.47. The van der Waals surface area contributed by atoms with E-state index >= 15 is 0 Å². The van der Waals surface area contributed by atoms with Crippen molar-refractivity contribution in [1.29, 1.82) is 0 Å². The summed E-state index contributed by atoms with van der Waals surface area (Å²) in [5.74, 6) is -9.42. The van der Waals surface area contributed by atoms with Gasteiger partial charge in [0.15, 0.2) is 23.3 Å². The number of nitrogen functional groups attached to an aromatic ring is 1. The van der Waals surface area contributed by atoms with E-state index in [9.17, 15) is 22.0 Å². The first-order valence-electron chi connectivity index (χ1n) is 8.52. The van der Waals surface area contributed by atoms with E-state index in [0.29, 0.717) is 12.3 Å². The average Bonchev–Trinajstić information content (AvgIpc) is 2.65. The molecule has 1 nitrogen and oxygen atoms in total. The zero-order valence-electron chi connectivity index (χ0n) is 15.3. The molecule has 2 aromatic rings. The molecule has 0 radical (unpaired) electrons. The second-order valence-corrected chi connectivity index (χ2v) is 6.27. The topological polar surface area (TPSA) is 26.0 Å². The lowest BCUT2D eigenvalue weighted by Crippen LogP contribution is -2.09. The molecule has 2 atom stereocenters. The highest BCUT2D eigenvalue weighted by Gasteiger charge is 2.27. The molecule has 0 spiro atoms. The number of hydrogen-bond acceptors (Lipinski definition) is 1. The molecule has 144 valence electrons. The highest BCUT2D eigenvalue weighted by atomic mass is 19.2. The first kappa shape index (κ1) is 21.9. The fourth-order valence-electron chi connectivity index (χ4n) is 2.32. The Bertz CT molecular complexity index is 699. The van der Waals surface area contributed by atoms with Crippen LogP contribution in [-0.4, -0.2) is 0 Å². The molecule has 0 saturated carbocycles. The number of anilines is 1. The Morgan fingerprint density at radius 3 is 1.46 bits per heavy atom. The maximum Gasteiger partial charge on any atom is 0.200 e. The molecule has 0 bridgehead atoms. The van der Waals surface area contributed by atoms with Crippen LogP contribution in [0.25, 0.3) is 0 Å². The van der Waals surface area contributed by atoms with Gasteiger partial charge in [0.05, 0.1) is 0 Å². The summed E-state index contributed by atoms with van der Waals surface area (Å²) in [6.45, 7) is 7.42. The van der Waals surface area contributed by atoms with E-state index in [1.807, 2.05) is 12.1 Å². The Morgan fingerprint density at radius 1 is 0.692 bits per heavy atom. The molecular formula is C20H24F5N. The Morgan fingerprint density at radius 2 is 1.08 bits per heavy atom. The standard InChI is InChI=1S/C10H9F5.C10H15N/c1-3-4(2)5-6(11)8(13)10(15)9(14)7(5)12;1-3-8(2)9-4-6-10(11)7-5-9/h4H,3H2,1-2H3;4-8H,3,11H2,1-2H3. The Labute approximate surface area is 151 Å². The fourth-order valence-corrected chi connectivity index (χ4v) is 2.32. The monoisotopic (exact) mass is 373 g/mol. The van der Waals surface area contributed by atoms with Gasteiger partial charge >= 0.3 is 0 Å². The third-order valence-electron chi connectivity index (χ3n) is 4.47. The van der Waals surface area contributed by atoms with Crippen LogP contribution >= 0.6 is 0 Å². The number of benzene rings is 2. The Hall–Kier alpha value is -2.11. The molecule has 0 aliphatic rings. The highest BCUT2D eigenvalue weighted by molar-refractivity contribution is 5.40. The van der Waals surface area contributed by atoms with Gasteiger partial charge in [-0.3, -0.25) is 0 Å². The number of hydrogen-bond donors (Lipinski definition) is 1. The fraction of sp³-hybridized carbons (Fsp3) is 0.400. The normalized spacial score (nSPS) is 13.0. The molecule has 0 aliphatic heterocycles. The molecule has 2 rings (SSSR count). The van der Waals surface area contributed by atoms with Gasteiger partial charge < -0.3 is 5.73 Å². The molecule has 2 unspecified atom stereocenters. The molecule has 0 fully saturated rings. The summed E-state index contributed by atoms with van der Waals surface area (Å²) in [6, 6.07) is 8.12. The molecule has 6 heteroatoms. The van der Waals surface area contributed by atoms with Crippen molar-refractivity contribution in [3.63, 3.8) is 0 Å². The van der Waals surface area contributed by atoms with E-state index < -0.39 is 40.6 Å². The summed E-state index contributed by atoms with van der Waals surface area (Å²) in [7, 11) is 0. The van der Waals surface area contributed by atoms with E-state index in [-0.39, 0.29) is 0 Å². The molecule has 0 saturated heterocycles. The van der Waals surface area contributed by atoms with Gasteiger partial charge in [0.1, 0.15) is 0 Å². The first-order valence-corrected chi connectivity index (χ1v) is 8.52. The van der Waals surface area contributed by atoms with Crippen molar-refractivity contribution < 1.29 is 22.0 Å². The van der Waals surface area contributed by atoms with Crippen LogP contribution in [-0.2, 0) is 0 Å². The molecule has 2 N–H and O–H groups in total. The molecule has 0 heterocycles. The molecule has 26 heavy (non-hydrogen) atoms. The summed E-state index contributed by atoms with van der Waals surface area (Å²) in [5, 5.41) is 0. The second kappa shape index (κ2) is 9.55. The minimum absolute atomic E-state index is 0.290. The lowest BCUT2D eigenvalue weighted by molar-refractivity contribution is 0.364. The van der Waals surface area contributed by atoms with E-state index in [1.54, 1.807) is 6.92 Å². The molecule has 0 aromatic heterocycles. The van der Waals surface area contributed by atoms with Crippen molar-refractivity contribution in [2.75, 3.05) is 5.73 Å². The SMILES string of the molecule is CCC(C)c1c(F)c(F)c(F)c(F)c1F.CCC(C)c1ccc(N)cc1. The van der Waals surface area contributed by atoms with Crippen molar-refractivity contribution in [3.05, 3.63) is 64.5 Å². The van der Waals surface area contributed by atoms with Crippen molar-refractivity contribution in [1.82, 2.24) is 0 Å². The number of halogens is 5. The lowest BCUT2D eigenvalue weighted by Gasteiger charge is -2.12. The van der Waals surface area contributed by atoms with Crippen LogP contribution in [0.15, 0.2) is 24.3 Å². The first-order chi connectivity index (χ1) is 12.1. The van der Waals surface area contributed by atoms with Gasteiger partial charge in [-0.15, -0.1) is 0 Å². The van der Waals surface area contributed by atoms with Crippen LogP contribution in [0.5, 0.6) is 0 Å². The predicted molar refractivity (Wildman–Crippen MR) is 94.5 cm³/mol. The zero-order chi connectivity index (χ0) is 20.0. The molecule has 0 amide bonds. The van der Waals surface area contributed by atoms with Gasteiger partial charge in [-0.25, -0.2) is 22.0 Å².